The molecular weight excluding hydrogens is 567 g/mol. The summed E-state index contributed by atoms with van der Waals surface area (Å²) in [4.78, 5) is 12.5. The third-order valence-electron chi connectivity index (χ3n) is 6.85. The van der Waals surface area contributed by atoms with E-state index in [1.54, 1.807) is 12.1 Å². The minimum atomic E-state index is -4.39. The van der Waals surface area contributed by atoms with Gasteiger partial charge in [0.15, 0.2) is 0 Å². The van der Waals surface area contributed by atoms with Crippen molar-refractivity contribution >= 4 is 33.5 Å². The average Bonchev–Trinajstić information content (AvgIpc) is 3.22. The molecule has 1 heterocycles. The lowest BCUT2D eigenvalue weighted by molar-refractivity contribution is -0.150. The molecule has 1 aliphatic rings. The maximum Gasteiger partial charge on any atom is 0.416 e. The first-order chi connectivity index (χ1) is 17.6. The van der Waals surface area contributed by atoms with Gasteiger partial charge < -0.3 is 9.30 Å². The zero-order chi connectivity index (χ0) is 26.7. The Labute approximate surface area is 229 Å². The molecular formula is C29H30BrClF3NO2. The molecule has 198 valence electrons. The number of ether oxygens (including phenoxy) is 1. The van der Waals surface area contributed by atoms with Crippen LogP contribution in [-0.4, -0.2) is 10.5 Å². The summed E-state index contributed by atoms with van der Waals surface area (Å²) in [6, 6.07) is 10.9. The second kappa shape index (κ2) is 11.6. The number of hydrogen-bond acceptors (Lipinski definition) is 2. The number of benzene rings is 2. The normalized spacial score (nSPS) is 16.4. The first kappa shape index (κ1) is 27.8. The molecule has 0 saturated carbocycles. The van der Waals surface area contributed by atoms with Gasteiger partial charge in [0.05, 0.1) is 17.3 Å². The third-order valence-corrected chi connectivity index (χ3v) is 7.74. The Bertz CT molecular complexity index is 1250. The molecule has 0 saturated heterocycles. The van der Waals surface area contributed by atoms with Crippen molar-refractivity contribution in [3.05, 3.63) is 80.5 Å². The zero-order valence-corrected chi connectivity index (χ0v) is 23.2. The van der Waals surface area contributed by atoms with E-state index >= 15 is 0 Å². The number of carbonyl (C=O) groups excluding carboxylic acids is 1. The van der Waals surface area contributed by atoms with E-state index in [-0.39, 0.29) is 12.0 Å². The fourth-order valence-electron chi connectivity index (χ4n) is 5.17. The molecule has 0 bridgehead atoms. The number of hydrogen-bond donors (Lipinski definition) is 0. The average molecular weight is 597 g/mol. The molecule has 0 amide bonds. The van der Waals surface area contributed by atoms with Gasteiger partial charge in [0.2, 0.25) is 0 Å². The van der Waals surface area contributed by atoms with Gasteiger partial charge in [-0.1, -0.05) is 66.0 Å². The Balaban J connectivity index is 1.88. The van der Waals surface area contributed by atoms with E-state index in [0.717, 1.165) is 70.2 Å². The lowest BCUT2D eigenvalue weighted by atomic mass is 9.90. The van der Waals surface area contributed by atoms with Crippen LogP contribution in [0.25, 0.3) is 11.1 Å². The van der Waals surface area contributed by atoms with Crippen LogP contribution in [0.1, 0.15) is 86.9 Å². The minimum absolute atomic E-state index is 0.202. The van der Waals surface area contributed by atoms with Crippen molar-refractivity contribution in [2.24, 2.45) is 0 Å². The van der Waals surface area contributed by atoms with Crippen LogP contribution >= 0.6 is 27.5 Å². The number of rotatable bonds is 8. The molecule has 0 aliphatic heterocycles. The Hall–Kier alpha value is -2.25. The minimum Gasteiger partial charge on any atom is -0.456 e. The standard InChI is InChI=1S/C29H30BrClF3NO2/c1-3-6-25(18-10-12-19(13-11-18)29(32,33)34)35-17-23(21-15-14-20(31)16-24(21)30)22-8-5-9-26(28(22)35)37-27(36)7-4-2/h10-17,25-26H,3-9H2,1-2H3. The topological polar surface area (TPSA) is 31.2 Å². The fourth-order valence-corrected chi connectivity index (χ4v) is 6.07. The van der Waals surface area contributed by atoms with Gasteiger partial charge in [-0.2, -0.15) is 13.2 Å². The van der Waals surface area contributed by atoms with E-state index in [4.69, 9.17) is 16.3 Å². The van der Waals surface area contributed by atoms with Crippen LogP contribution in [0.2, 0.25) is 5.02 Å². The summed E-state index contributed by atoms with van der Waals surface area (Å²) >= 11 is 9.86. The Morgan fingerprint density at radius 2 is 1.86 bits per heavy atom. The highest BCUT2D eigenvalue weighted by Crippen LogP contribution is 2.45. The van der Waals surface area contributed by atoms with Crippen molar-refractivity contribution in [3.8, 4) is 11.1 Å². The monoisotopic (exact) mass is 595 g/mol. The Morgan fingerprint density at radius 3 is 2.49 bits per heavy atom. The molecule has 1 aromatic heterocycles. The maximum atomic E-state index is 13.2. The lowest BCUT2D eigenvalue weighted by Gasteiger charge is -2.29. The molecule has 0 spiro atoms. The van der Waals surface area contributed by atoms with Gasteiger partial charge in [-0.05, 0) is 73.1 Å². The van der Waals surface area contributed by atoms with Crippen LogP contribution in [0.4, 0.5) is 13.2 Å². The van der Waals surface area contributed by atoms with Crippen LogP contribution < -0.4 is 0 Å². The molecule has 1 aliphatic carbocycles. The first-order valence-electron chi connectivity index (χ1n) is 12.7. The predicted octanol–water partition coefficient (Wildman–Crippen LogP) is 9.70. The van der Waals surface area contributed by atoms with Crippen molar-refractivity contribution in [3.63, 3.8) is 0 Å². The summed E-state index contributed by atoms with van der Waals surface area (Å²) in [5.74, 6) is -0.233. The fraction of sp³-hybridized carbons (Fsp3) is 0.414. The maximum absolute atomic E-state index is 13.2. The summed E-state index contributed by atoms with van der Waals surface area (Å²) in [5.41, 5.74) is 4.16. The summed E-state index contributed by atoms with van der Waals surface area (Å²) in [6.45, 7) is 4.00. The molecule has 8 heteroatoms. The predicted molar refractivity (Wildman–Crippen MR) is 144 cm³/mol. The van der Waals surface area contributed by atoms with Gasteiger partial charge in [0, 0.05) is 27.7 Å². The molecule has 37 heavy (non-hydrogen) atoms. The molecule has 0 N–H and O–H groups in total. The van der Waals surface area contributed by atoms with Crippen LogP contribution in [0.15, 0.2) is 53.1 Å². The van der Waals surface area contributed by atoms with Crippen LogP contribution in [0, 0.1) is 0 Å². The van der Waals surface area contributed by atoms with Gasteiger partial charge in [0.25, 0.3) is 0 Å². The number of alkyl halides is 3. The highest BCUT2D eigenvalue weighted by Gasteiger charge is 2.34. The largest absolute Gasteiger partial charge is 0.456 e. The zero-order valence-electron chi connectivity index (χ0n) is 20.9. The molecule has 0 fully saturated rings. The quantitative estimate of drug-likeness (QED) is 0.242. The molecule has 3 aromatic rings. The number of esters is 1. The second-order valence-electron chi connectivity index (χ2n) is 9.48. The number of nitrogens with zero attached hydrogens (tertiary/aromatic N) is 1. The molecule has 2 atom stereocenters. The van der Waals surface area contributed by atoms with Crippen LogP contribution in [0.5, 0.6) is 0 Å². The summed E-state index contributed by atoms with van der Waals surface area (Å²) in [7, 11) is 0. The van der Waals surface area contributed by atoms with Crippen molar-refractivity contribution in [2.75, 3.05) is 0 Å². The van der Waals surface area contributed by atoms with E-state index in [1.807, 2.05) is 25.1 Å². The van der Waals surface area contributed by atoms with Gasteiger partial charge in [-0.25, -0.2) is 0 Å². The molecule has 2 unspecified atom stereocenters. The van der Waals surface area contributed by atoms with E-state index in [2.05, 4.69) is 33.6 Å². The van der Waals surface area contributed by atoms with Crippen LogP contribution in [-0.2, 0) is 22.1 Å². The van der Waals surface area contributed by atoms with Gasteiger partial charge >= 0.3 is 12.1 Å². The van der Waals surface area contributed by atoms with E-state index < -0.39 is 17.8 Å². The molecule has 2 aromatic carbocycles. The molecule has 4 rings (SSSR count). The smallest absolute Gasteiger partial charge is 0.416 e. The third kappa shape index (κ3) is 6.09. The van der Waals surface area contributed by atoms with Gasteiger partial charge in [0.1, 0.15) is 6.10 Å². The highest BCUT2D eigenvalue weighted by molar-refractivity contribution is 9.10. The second-order valence-corrected chi connectivity index (χ2v) is 10.8. The summed E-state index contributed by atoms with van der Waals surface area (Å²) in [6.07, 6.45) is 2.28. The SMILES string of the molecule is CCCC(=O)OC1CCCc2c(-c3ccc(Cl)cc3Br)cn(C(CCC)c3ccc(C(F)(F)F)cc3)c21. The number of carbonyl (C=O) groups is 1. The summed E-state index contributed by atoms with van der Waals surface area (Å²) < 4.78 is 48.7. The van der Waals surface area contributed by atoms with Gasteiger partial charge in [-0.3, -0.25) is 4.79 Å². The number of fused-ring (bicyclic) bond motifs is 1. The van der Waals surface area contributed by atoms with Crippen molar-refractivity contribution in [1.82, 2.24) is 4.57 Å². The highest BCUT2D eigenvalue weighted by atomic mass is 79.9. The van der Waals surface area contributed by atoms with E-state index in [1.165, 1.54) is 0 Å². The van der Waals surface area contributed by atoms with E-state index in [9.17, 15) is 18.0 Å². The lowest BCUT2D eigenvalue weighted by Crippen LogP contribution is -2.22. The summed E-state index contributed by atoms with van der Waals surface area (Å²) in [5, 5.41) is 0.615. The Morgan fingerprint density at radius 1 is 1.14 bits per heavy atom. The number of halogens is 5. The van der Waals surface area contributed by atoms with Gasteiger partial charge in [-0.15, -0.1) is 0 Å². The van der Waals surface area contributed by atoms with Crippen LogP contribution in [0.3, 0.4) is 0 Å². The Kier molecular flexibility index (Phi) is 8.74. The van der Waals surface area contributed by atoms with Crippen molar-refractivity contribution in [1.29, 1.82) is 0 Å². The molecule has 0 radical (unpaired) electrons. The van der Waals surface area contributed by atoms with Crippen molar-refractivity contribution in [2.45, 2.75) is 77.1 Å². The van der Waals surface area contributed by atoms with Crippen molar-refractivity contribution < 1.29 is 22.7 Å². The molecule has 3 nitrogen and oxygen atoms in total. The number of aromatic nitrogens is 1. The first-order valence-corrected chi connectivity index (χ1v) is 13.9. The van der Waals surface area contributed by atoms with E-state index in [0.29, 0.717) is 24.3 Å².